The molecule has 5 heteroatoms. The first-order chi connectivity index (χ1) is 4.81. The van der Waals surface area contributed by atoms with Crippen LogP contribution in [-0.4, -0.2) is 31.6 Å². The summed E-state index contributed by atoms with van der Waals surface area (Å²) < 4.78 is 22.9. The lowest BCUT2D eigenvalue weighted by Gasteiger charge is -2.05. The van der Waals surface area contributed by atoms with Crippen LogP contribution in [0.1, 0.15) is 0 Å². The van der Waals surface area contributed by atoms with Gasteiger partial charge in [0.1, 0.15) is 13.3 Å². The second-order valence-corrected chi connectivity index (χ2v) is 1.97. The lowest BCUT2D eigenvalue weighted by molar-refractivity contribution is 0.481. The van der Waals surface area contributed by atoms with Crippen LogP contribution in [0.25, 0.3) is 0 Å². The minimum Gasteiger partial charge on any atom is -0.360 e. The van der Waals surface area contributed by atoms with Crippen molar-refractivity contribution in [3.05, 3.63) is 0 Å². The Labute approximate surface area is 64.0 Å². The summed E-state index contributed by atoms with van der Waals surface area (Å²) in [5.41, 5.74) is 0. The Morgan fingerprint density at radius 1 is 1.10 bits per heavy atom. The Balaban J connectivity index is 3.09. The number of hydrogen-bond donors (Lipinski definition) is 2. The molecule has 0 aliphatic heterocycles. The maximum Gasteiger partial charge on any atom is 0.166 e. The number of alkyl halides is 2. The lowest BCUT2D eigenvalue weighted by Crippen LogP contribution is -2.37. The summed E-state index contributed by atoms with van der Waals surface area (Å²) in [5.74, 6) is 0. The largest absolute Gasteiger partial charge is 0.360 e. The molecule has 0 unspecified atom stereocenters. The number of nitrogens with one attached hydrogen (secondary N) is 2. The van der Waals surface area contributed by atoms with E-state index in [2.05, 4.69) is 22.9 Å². The fourth-order valence-corrected chi connectivity index (χ4v) is 0.588. The van der Waals surface area contributed by atoms with Crippen LogP contribution in [0.5, 0.6) is 0 Å². The fourth-order valence-electron chi connectivity index (χ4n) is 0.384. The third kappa shape index (κ3) is 5.68. The van der Waals surface area contributed by atoms with Crippen molar-refractivity contribution in [2.45, 2.75) is 0 Å². The van der Waals surface area contributed by atoms with Gasteiger partial charge >= 0.3 is 0 Å². The van der Waals surface area contributed by atoms with E-state index in [9.17, 15) is 8.78 Å². The van der Waals surface area contributed by atoms with Gasteiger partial charge in [0.2, 0.25) is 0 Å². The van der Waals surface area contributed by atoms with Gasteiger partial charge in [0.25, 0.3) is 0 Å². The minimum absolute atomic E-state index is 0.179. The maximum atomic E-state index is 11.5. The number of hydrogen-bond acceptors (Lipinski definition) is 1. The smallest absolute Gasteiger partial charge is 0.166 e. The van der Waals surface area contributed by atoms with Crippen molar-refractivity contribution in [1.82, 2.24) is 10.6 Å². The topological polar surface area (TPSA) is 24.1 Å². The molecule has 0 bridgehead atoms. The van der Waals surface area contributed by atoms with E-state index in [1.807, 2.05) is 0 Å². The first-order valence-corrected chi connectivity index (χ1v) is 3.35. The predicted molar refractivity (Wildman–Crippen MR) is 40.6 cm³/mol. The van der Waals surface area contributed by atoms with Crippen LogP contribution in [0, 0.1) is 0 Å². The molecule has 0 aliphatic carbocycles. The van der Waals surface area contributed by atoms with E-state index in [4.69, 9.17) is 0 Å². The first-order valence-electron chi connectivity index (χ1n) is 2.95. The van der Waals surface area contributed by atoms with Crippen LogP contribution in [0.2, 0.25) is 0 Å². The number of rotatable bonds is 4. The van der Waals surface area contributed by atoms with Gasteiger partial charge in [0.15, 0.2) is 5.11 Å². The van der Waals surface area contributed by atoms with Crippen LogP contribution >= 0.6 is 12.2 Å². The van der Waals surface area contributed by atoms with Crippen LogP contribution in [-0.2, 0) is 0 Å². The quantitative estimate of drug-likeness (QED) is 0.594. The van der Waals surface area contributed by atoms with Crippen molar-refractivity contribution >= 4 is 17.3 Å². The van der Waals surface area contributed by atoms with Crippen molar-refractivity contribution in [3.63, 3.8) is 0 Å². The van der Waals surface area contributed by atoms with Gasteiger partial charge in [-0.1, -0.05) is 0 Å². The minimum atomic E-state index is -0.475. The third-order valence-electron chi connectivity index (χ3n) is 0.760. The number of thiocarbonyl (C=S) groups is 1. The zero-order valence-corrected chi connectivity index (χ0v) is 6.31. The second kappa shape index (κ2) is 6.67. The molecule has 0 spiro atoms. The van der Waals surface area contributed by atoms with Gasteiger partial charge in [-0.3, -0.25) is 0 Å². The highest BCUT2D eigenvalue weighted by atomic mass is 32.1. The molecule has 2 nitrogen and oxygen atoms in total. The van der Waals surface area contributed by atoms with Gasteiger partial charge < -0.3 is 10.6 Å². The normalized spacial score (nSPS) is 9.00. The Bertz CT molecular complexity index is 89.6. The van der Waals surface area contributed by atoms with Crippen LogP contribution in [0.3, 0.4) is 0 Å². The molecule has 0 saturated heterocycles. The SMILES string of the molecule is FCCNC(=S)NCCF. The van der Waals surface area contributed by atoms with Crippen molar-refractivity contribution in [2.75, 3.05) is 26.4 Å². The molecule has 0 aromatic rings. The molecule has 0 aliphatic rings. The Morgan fingerprint density at radius 3 is 1.80 bits per heavy atom. The zero-order valence-electron chi connectivity index (χ0n) is 5.49. The molecule has 0 radical (unpaired) electrons. The van der Waals surface area contributed by atoms with Crippen molar-refractivity contribution in [2.24, 2.45) is 0 Å². The van der Waals surface area contributed by atoms with Gasteiger partial charge in [-0.2, -0.15) is 0 Å². The summed E-state index contributed by atoms with van der Waals surface area (Å²) in [6.07, 6.45) is 0. The molecule has 60 valence electrons. The molecule has 0 amide bonds. The molecule has 0 aromatic carbocycles. The van der Waals surface area contributed by atoms with Crippen molar-refractivity contribution in [1.29, 1.82) is 0 Å². The molecule has 2 N–H and O–H groups in total. The third-order valence-corrected chi connectivity index (χ3v) is 1.05. The van der Waals surface area contributed by atoms with E-state index in [0.717, 1.165) is 0 Å². The zero-order chi connectivity index (χ0) is 7.82. The Hall–Kier alpha value is -0.450. The number of halogens is 2. The average Bonchev–Trinajstić information content (AvgIpc) is 1.97. The molecular formula is C5H10F2N2S. The fraction of sp³-hybridized carbons (Fsp3) is 0.800. The second-order valence-electron chi connectivity index (χ2n) is 1.56. The van der Waals surface area contributed by atoms with E-state index in [1.165, 1.54) is 0 Å². The Kier molecular flexibility index (Phi) is 6.37. The summed E-state index contributed by atoms with van der Waals surface area (Å²) in [6.45, 7) is -0.592. The van der Waals surface area contributed by atoms with Crippen LogP contribution in [0.15, 0.2) is 0 Å². The van der Waals surface area contributed by atoms with E-state index in [1.54, 1.807) is 0 Å². The van der Waals surface area contributed by atoms with Crippen molar-refractivity contribution < 1.29 is 8.78 Å². The molecule has 0 rings (SSSR count). The highest BCUT2D eigenvalue weighted by Gasteiger charge is 1.91. The van der Waals surface area contributed by atoms with Gasteiger partial charge in [0.05, 0.1) is 0 Å². The monoisotopic (exact) mass is 168 g/mol. The summed E-state index contributed by atoms with van der Waals surface area (Å²) in [7, 11) is 0. The summed E-state index contributed by atoms with van der Waals surface area (Å²) in [5, 5.41) is 5.39. The summed E-state index contributed by atoms with van der Waals surface area (Å²) >= 11 is 4.63. The molecule has 0 fully saturated rings. The van der Waals surface area contributed by atoms with E-state index >= 15 is 0 Å². The van der Waals surface area contributed by atoms with Gasteiger partial charge in [-0.15, -0.1) is 0 Å². The van der Waals surface area contributed by atoms with E-state index in [-0.39, 0.29) is 13.1 Å². The van der Waals surface area contributed by atoms with Crippen LogP contribution < -0.4 is 10.6 Å². The maximum absolute atomic E-state index is 11.5. The predicted octanol–water partition coefficient (Wildman–Crippen LogP) is 0.390. The molecule has 0 atom stereocenters. The van der Waals surface area contributed by atoms with Crippen LogP contribution in [0.4, 0.5) is 8.78 Å². The van der Waals surface area contributed by atoms with E-state index in [0.29, 0.717) is 5.11 Å². The molecule has 0 aromatic heterocycles. The summed E-state index contributed by atoms with van der Waals surface area (Å²) in [4.78, 5) is 0. The lowest BCUT2D eigenvalue weighted by atomic mass is 10.7. The molecule has 0 saturated carbocycles. The van der Waals surface area contributed by atoms with Crippen molar-refractivity contribution in [3.8, 4) is 0 Å². The molecule has 10 heavy (non-hydrogen) atoms. The molecule has 0 heterocycles. The van der Waals surface area contributed by atoms with Gasteiger partial charge in [0, 0.05) is 13.1 Å². The summed E-state index contributed by atoms with van der Waals surface area (Å²) in [6, 6.07) is 0. The van der Waals surface area contributed by atoms with E-state index < -0.39 is 13.3 Å². The standard InChI is InChI=1S/C5H10F2N2S/c6-1-3-8-5(10)9-4-2-7/h1-4H2,(H2,8,9,10). The highest BCUT2D eigenvalue weighted by Crippen LogP contribution is 1.69. The van der Waals surface area contributed by atoms with Gasteiger partial charge in [-0.05, 0) is 12.2 Å². The first kappa shape index (κ1) is 9.55. The molecular weight excluding hydrogens is 158 g/mol. The highest BCUT2D eigenvalue weighted by molar-refractivity contribution is 7.80. The Morgan fingerprint density at radius 2 is 1.50 bits per heavy atom. The average molecular weight is 168 g/mol. The van der Waals surface area contributed by atoms with Gasteiger partial charge in [-0.25, -0.2) is 8.78 Å².